The van der Waals surface area contributed by atoms with Gasteiger partial charge in [0.2, 0.25) is 0 Å². The normalized spacial score (nSPS) is 15.6. The van der Waals surface area contributed by atoms with Crippen molar-refractivity contribution < 1.29 is 44.2 Å². The molecule has 100 valence electrons. The van der Waals surface area contributed by atoms with E-state index in [-0.39, 0.29) is 0 Å². The van der Waals surface area contributed by atoms with E-state index in [4.69, 9.17) is 20.4 Å². The Morgan fingerprint density at radius 3 is 1.61 bits per heavy atom. The van der Waals surface area contributed by atoms with Crippen molar-refractivity contribution in [3.05, 3.63) is 0 Å². The first kappa shape index (κ1) is 16.0. The molecule has 0 bridgehead atoms. The topological polar surface area (TPSA) is 166 Å². The van der Waals surface area contributed by atoms with Crippen LogP contribution in [-0.4, -0.2) is 50.0 Å². The lowest BCUT2D eigenvalue weighted by molar-refractivity contribution is -0.159. The highest BCUT2D eigenvalue weighted by Gasteiger charge is 2.44. The molecular weight excluding hydrogens is 271 g/mol. The van der Waals surface area contributed by atoms with Gasteiger partial charge in [0.1, 0.15) is 0 Å². The minimum atomic E-state index is -2.10. The van der Waals surface area contributed by atoms with Crippen LogP contribution in [0.1, 0.15) is 6.42 Å². The molecular formula is C8H9O9P. The van der Waals surface area contributed by atoms with E-state index in [1.54, 1.807) is 0 Å². The molecule has 0 aromatic rings. The molecule has 0 aromatic heterocycles. The molecule has 0 aliphatic carbocycles. The number of carboxylic acid groups (broad SMARTS) is 4. The largest absolute Gasteiger partial charge is 0.481 e. The summed E-state index contributed by atoms with van der Waals surface area (Å²) < 4.78 is 10.6. The van der Waals surface area contributed by atoms with Crippen LogP contribution in [0.3, 0.4) is 0 Å². The highest BCUT2D eigenvalue weighted by molar-refractivity contribution is 7.26. The summed E-state index contributed by atoms with van der Waals surface area (Å²) in [5, 5.41) is 34.7. The third kappa shape index (κ3) is 4.10. The molecule has 18 heavy (non-hydrogen) atoms. The minimum Gasteiger partial charge on any atom is -0.481 e. The van der Waals surface area contributed by atoms with Gasteiger partial charge >= 0.3 is 23.9 Å². The van der Waals surface area contributed by atoms with Gasteiger partial charge in [0.25, 0.3) is 0 Å². The van der Waals surface area contributed by atoms with E-state index in [1.807, 2.05) is 0 Å². The third-order valence-corrected chi connectivity index (χ3v) is 2.91. The monoisotopic (exact) mass is 280 g/mol. The third-order valence-electron chi connectivity index (χ3n) is 2.14. The van der Waals surface area contributed by atoms with Gasteiger partial charge in [0.15, 0.2) is 14.1 Å². The summed E-state index contributed by atoms with van der Waals surface area (Å²) >= 11 is 0. The fourth-order valence-electron chi connectivity index (χ4n) is 1.35. The van der Waals surface area contributed by atoms with Gasteiger partial charge in [-0.3, -0.25) is 23.7 Å². The van der Waals surface area contributed by atoms with Gasteiger partial charge in [0, 0.05) is 0 Å². The van der Waals surface area contributed by atoms with Gasteiger partial charge in [-0.1, -0.05) is 0 Å². The van der Waals surface area contributed by atoms with E-state index in [1.165, 1.54) is 0 Å². The fraction of sp³-hybridized carbons (Fsp3) is 0.500. The molecule has 0 radical (unpaired) electrons. The Morgan fingerprint density at radius 2 is 1.39 bits per heavy atom. The zero-order valence-corrected chi connectivity index (χ0v) is 9.61. The Labute approximate surface area is 101 Å². The first-order chi connectivity index (χ1) is 8.22. The van der Waals surface area contributed by atoms with Gasteiger partial charge in [0.05, 0.1) is 18.3 Å². The van der Waals surface area contributed by atoms with Crippen molar-refractivity contribution in [3.63, 3.8) is 0 Å². The molecule has 0 rings (SSSR count). The first-order valence-corrected chi connectivity index (χ1v) is 5.33. The lowest BCUT2D eigenvalue weighted by atomic mass is 9.86. The Morgan fingerprint density at radius 1 is 0.889 bits per heavy atom. The summed E-state index contributed by atoms with van der Waals surface area (Å²) in [7, 11) is -1.10. The van der Waals surface area contributed by atoms with Gasteiger partial charge < -0.3 is 20.4 Å². The van der Waals surface area contributed by atoms with Crippen molar-refractivity contribution >= 4 is 32.3 Å². The average Bonchev–Trinajstić information content (AvgIpc) is 2.21. The summed E-state index contributed by atoms with van der Waals surface area (Å²) in [6.07, 6.45) is -1.08. The van der Waals surface area contributed by atoms with Gasteiger partial charge in [-0.15, -0.1) is 0 Å². The van der Waals surface area contributed by atoms with Gasteiger partial charge in [-0.2, -0.15) is 0 Å². The van der Waals surface area contributed by atoms with Crippen molar-refractivity contribution in [2.75, 3.05) is 0 Å². The van der Waals surface area contributed by atoms with Crippen molar-refractivity contribution in [2.24, 2.45) is 11.8 Å². The number of carbonyl (C=O) groups is 4. The number of hydrogen-bond donors (Lipinski definition) is 4. The van der Waals surface area contributed by atoms with Crippen LogP contribution in [0.4, 0.5) is 0 Å². The predicted molar refractivity (Wildman–Crippen MR) is 53.5 cm³/mol. The summed E-state index contributed by atoms with van der Waals surface area (Å²) in [5.74, 6) is -11.1. The molecule has 0 saturated carbocycles. The molecule has 0 aliphatic heterocycles. The summed E-state index contributed by atoms with van der Waals surface area (Å²) in [4.78, 5) is 42.8. The standard InChI is InChI=1S/C8H9O9P/c9-3(10)1-2(6(11)12)4(7(13)14)5(18-17)8(15)16/h2,4-5H,1H2,(H,9,10)(H,11,12)(H,13,14)(H,15,16). The van der Waals surface area contributed by atoms with E-state index in [9.17, 15) is 23.7 Å². The predicted octanol–water partition coefficient (Wildman–Crippen LogP) is -0.392. The average molecular weight is 280 g/mol. The number of aliphatic carboxylic acids is 4. The van der Waals surface area contributed by atoms with E-state index < -0.39 is 56.3 Å². The van der Waals surface area contributed by atoms with E-state index in [2.05, 4.69) is 0 Å². The second kappa shape index (κ2) is 6.65. The SMILES string of the molecule is O=PC(C(=O)O)C(C(=O)O)C(CC(=O)O)C(=O)O. The van der Waals surface area contributed by atoms with Crippen molar-refractivity contribution in [1.82, 2.24) is 0 Å². The molecule has 3 unspecified atom stereocenters. The highest BCUT2D eigenvalue weighted by atomic mass is 31.1. The van der Waals surface area contributed by atoms with E-state index in [0.717, 1.165) is 0 Å². The highest BCUT2D eigenvalue weighted by Crippen LogP contribution is 2.28. The molecule has 0 heterocycles. The maximum absolute atomic E-state index is 10.9. The lowest BCUT2D eigenvalue weighted by Crippen LogP contribution is -2.40. The van der Waals surface area contributed by atoms with Crippen LogP contribution in [0.25, 0.3) is 0 Å². The Kier molecular flexibility index (Phi) is 5.90. The molecule has 0 aliphatic rings. The van der Waals surface area contributed by atoms with E-state index in [0.29, 0.717) is 0 Å². The molecule has 0 saturated heterocycles. The second-order valence-electron chi connectivity index (χ2n) is 3.30. The van der Waals surface area contributed by atoms with Crippen molar-refractivity contribution in [3.8, 4) is 0 Å². The molecule has 9 nitrogen and oxygen atoms in total. The Balaban J connectivity index is 5.46. The molecule has 3 atom stereocenters. The lowest BCUT2D eigenvalue weighted by Gasteiger charge is -2.20. The molecule has 4 N–H and O–H groups in total. The Hall–Kier alpha value is -2.02. The van der Waals surface area contributed by atoms with Crippen LogP contribution in [-0.2, 0) is 23.7 Å². The molecule has 10 heteroatoms. The maximum Gasteiger partial charge on any atom is 0.319 e. The zero-order valence-electron chi connectivity index (χ0n) is 8.72. The molecule has 0 spiro atoms. The first-order valence-electron chi connectivity index (χ1n) is 4.45. The zero-order chi connectivity index (χ0) is 14.5. The number of carboxylic acids is 4. The number of hydrogen-bond acceptors (Lipinski definition) is 5. The van der Waals surface area contributed by atoms with Crippen molar-refractivity contribution in [1.29, 1.82) is 0 Å². The van der Waals surface area contributed by atoms with Gasteiger partial charge in [-0.05, 0) is 0 Å². The summed E-state index contributed by atoms with van der Waals surface area (Å²) in [5.41, 5.74) is -2.03. The molecule has 0 amide bonds. The van der Waals surface area contributed by atoms with Gasteiger partial charge in [-0.25, -0.2) is 0 Å². The summed E-state index contributed by atoms with van der Waals surface area (Å²) in [6.45, 7) is 0. The van der Waals surface area contributed by atoms with Crippen LogP contribution in [0, 0.1) is 11.8 Å². The van der Waals surface area contributed by atoms with Crippen LogP contribution < -0.4 is 0 Å². The van der Waals surface area contributed by atoms with Crippen LogP contribution in [0.2, 0.25) is 0 Å². The Bertz CT molecular complexity index is 390. The fourth-order valence-corrected chi connectivity index (χ4v) is 1.90. The van der Waals surface area contributed by atoms with Crippen LogP contribution >= 0.6 is 8.46 Å². The number of rotatable bonds is 8. The second-order valence-corrected chi connectivity index (χ2v) is 4.06. The van der Waals surface area contributed by atoms with Crippen molar-refractivity contribution in [2.45, 2.75) is 12.1 Å². The summed E-state index contributed by atoms with van der Waals surface area (Å²) in [6, 6.07) is 0. The molecule has 0 fully saturated rings. The molecule has 0 aromatic carbocycles. The van der Waals surface area contributed by atoms with E-state index >= 15 is 0 Å². The minimum absolute atomic E-state index is 1.08. The smallest absolute Gasteiger partial charge is 0.319 e. The maximum atomic E-state index is 10.9. The van der Waals surface area contributed by atoms with Crippen LogP contribution in [0.15, 0.2) is 0 Å². The van der Waals surface area contributed by atoms with Crippen LogP contribution in [0.5, 0.6) is 0 Å². The quantitative estimate of drug-likeness (QED) is 0.432.